The average molecular weight is 521 g/mol. The predicted octanol–water partition coefficient (Wildman–Crippen LogP) is 3.88. The molecule has 0 saturated carbocycles. The first-order chi connectivity index (χ1) is 16.4. The summed E-state index contributed by atoms with van der Waals surface area (Å²) in [6.45, 7) is 1.53. The Hall–Kier alpha value is -3.46. The summed E-state index contributed by atoms with van der Waals surface area (Å²) in [5.41, 5.74) is 0.719. The Labute approximate surface area is 203 Å². The van der Waals surface area contributed by atoms with E-state index < -0.39 is 31.7 Å². The molecule has 0 aliphatic rings. The molecule has 0 radical (unpaired) electrons. The SMILES string of the molecule is C#Cc1ccc(Cc2cc(F)cc(Oc3cccc(CS(=O)(=O)CC)c3)c2NS(N)(=O)=O)c(F)c1. The van der Waals surface area contributed by atoms with Crippen LogP contribution in [0.4, 0.5) is 14.5 Å². The third kappa shape index (κ3) is 7.26. The predicted molar refractivity (Wildman–Crippen MR) is 130 cm³/mol. The quantitative estimate of drug-likeness (QED) is 0.416. The van der Waals surface area contributed by atoms with Gasteiger partial charge >= 0.3 is 0 Å². The van der Waals surface area contributed by atoms with Gasteiger partial charge in [-0.1, -0.05) is 31.0 Å². The third-order valence-corrected chi connectivity index (χ3v) is 7.09. The molecule has 3 rings (SSSR count). The molecule has 35 heavy (non-hydrogen) atoms. The van der Waals surface area contributed by atoms with Crippen LogP contribution in [0, 0.1) is 24.0 Å². The molecule has 0 aliphatic heterocycles. The highest BCUT2D eigenvalue weighted by Crippen LogP contribution is 2.36. The zero-order valence-corrected chi connectivity index (χ0v) is 20.2. The molecule has 0 heterocycles. The van der Waals surface area contributed by atoms with E-state index in [0.717, 1.165) is 18.2 Å². The second-order valence-corrected chi connectivity index (χ2v) is 11.3. The summed E-state index contributed by atoms with van der Waals surface area (Å²) in [7, 11) is -7.65. The Morgan fingerprint density at radius 2 is 1.77 bits per heavy atom. The van der Waals surface area contributed by atoms with E-state index in [1.54, 1.807) is 12.1 Å². The molecule has 0 spiro atoms. The van der Waals surface area contributed by atoms with Crippen molar-refractivity contribution in [2.24, 2.45) is 5.14 Å². The molecular weight excluding hydrogens is 498 g/mol. The molecule has 11 heteroatoms. The Kier molecular flexibility index (Phi) is 7.80. The van der Waals surface area contributed by atoms with Gasteiger partial charge in [-0.2, -0.15) is 8.42 Å². The van der Waals surface area contributed by atoms with E-state index in [2.05, 4.69) is 10.6 Å². The van der Waals surface area contributed by atoms with Crippen molar-refractivity contribution in [3.8, 4) is 23.8 Å². The first kappa shape index (κ1) is 26.2. The summed E-state index contributed by atoms with van der Waals surface area (Å²) < 4.78 is 84.5. The number of anilines is 1. The number of hydrogen-bond donors (Lipinski definition) is 2. The molecule has 7 nitrogen and oxygen atoms in total. The summed E-state index contributed by atoms with van der Waals surface area (Å²) in [6, 6.07) is 12.1. The summed E-state index contributed by atoms with van der Waals surface area (Å²) in [5.74, 6) is 0.478. The maximum atomic E-state index is 14.5. The van der Waals surface area contributed by atoms with E-state index >= 15 is 0 Å². The molecule has 3 aromatic carbocycles. The Bertz CT molecular complexity index is 1520. The number of nitrogens with two attached hydrogens (primary N) is 1. The van der Waals surface area contributed by atoms with Crippen LogP contribution >= 0.6 is 0 Å². The van der Waals surface area contributed by atoms with Crippen molar-refractivity contribution in [1.29, 1.82) is 0 Å². The number of ether oxygens (including phenoxy) is 1. The van der Waals surface area contributed by atoms with Crippen LogP contribution < -0.4 is 14.6 Å². The fourth-order valence-electron chi connectivity index (χ4n) is 3.28. The van der Waals surface area contributed by atoms with Crippen LogP contribution in [0.2, 0.25) is 0 Å². The van der Waals surface area contributed by atoms with Gasteiger partial charge in [0.05, 0.1) is 11.4 Å². The van der Waals surface area contributed by atoms with Crippen LogP contribution in [0.1, 0.15) is 29.2 Å². The molecule has 0 unspecified atom stereocenters. The molecule has 3 N–H and O–H groups in total. The number of rotatable bonds is 9. The lowest BCUT2D eigenvalue weighted by Gasteiger charge is -2.17. The van der Waals surface area contributed by atoms with Gasteiger partial charge in [0.2, 0.25) is 0 Å². The molecule has 0 bridgehead atoms. The lowest BCUT2D eigenvalue weighted by molar-refractivity contribution is 0.477. The van der Waals surface area contributed by atoms with E-state index in [-0.39, 0.29) is 46.2 Å². The standard InChI is InChI=1S/C24H22F2N2O5S2/c1-3-16-8-9-18(22(26)11-16)12-19-13-20(25)14-23(24(19)28-35(27,31)32)33-21-7-5-6-17(10-21)15-34(29,30)4-2/h1,5-11,13-14,28H,4,12,15H2,2H3,(H2,27,31,32). The molecule has 0 amide bonds. The highest BCUT2D eigenvalue weighted by atomic mass is 32.2. The van der Waals surface area contributed by atoms with Gasteiger partial charge in [-0.15, -0.1) is 6.42 Å². The maximum Gasteiger partial charge on any atom is 0.296 e. The fraction of sp³-hybridized carbons (Fsp3) is 0.167. The lowest BCUT2D eigenvalue weighted by Crippen LogP contribution is -2.23. The largest absolute Gasteiger partial charge is 0.455 e. The molecule has 0 aliphatic carbocycles. The van der Waals surface area contributed by atoms with Gasteiger partial charge in [-0.05, 0) is 47.0 Å². The van der Waals surface area contributed by atoms with Crippen LogP contribution in [0.3, 0.4) is 0 Å². The first-order valence-corrected chi connectivity index (χ1v) is 13.6. The minimum Gasteiger partial charge on any atom is -0.455 e. The highest BCUT2D eigenvalue weighted by molar-refractivity contribution is 7.90. The van der Waals surface area contributed by atoms with Gasteiger partial charge < -0.3 is 4.74 Å². The molecule has 0 saturated heterocycles. The van der Waals surface area contributed by atoms with Gasteiger partial charge in [-0.25, -0.2) is 22.3 Å². The Morgan fingerprint density at radius 1 is 1.03 bits per heavy atom. The second kappa shape index (κ2) is 10.4. The summed E-state index contributed by atoms with van der Waals surface area (Å²) in [5, 5.41) is 5.16. The zero-order valence-electron chi connectivity index (χ0n) is 18.6. The monoisotopic (exact) mass is 520 g/mol. The van der Waals surface area contributed by atoms with Crippen molar-refractivity contribution < 1.29 is 30.4 Å². The van der Waals surface area contributed by atoms with Crippen LogP contribution in [-0.4, -0.2) is 22.6 Å². The van der Waals surface area contributed by atoms with E-state index in [4.69, 9.17) is 16.3 Å². The molecule has 0 aromatic heterocycles. The summed E-state index contributed by atoms with van der Waals surface area (Å²) in [6.07, 6.45) is 5.06. The first-order valence-electron chi connectivity index (χ1n) is 10.2. The van der Waals surface area contributed by atoms with Gasteiger partial charge in [0.15, 0.2) is 15.6 Å². The van der Waals surface area contributed by atoms with Crippen molar-refractivity contribution >= 4 is 25.7 Å². The summed E-state index contributed by atoms with van der Waals surface area (Å²) in [4.78, 5) is 0. The molecule has 3 aromatic rings. The average Bonchev–Trinajstić information content (AvgIpc) is 2.76. The minimum atomic E-state index is -4.33. The number of nitrogens with one attached hydrogen (secondary N) is 1. The van der Waals surface area contributed by atoms with E-state index in [1.807, 2.05) is 0 Å². The van der Waals surface area contributed by atoms with E-state index in [1.165, 1.54) is 31.2 Å². The van der Waals surface area contributed by atoms with Crippen molar-refractivity contribution in [3.05, 3.63) is 88.5 Å². The molecule has 184 valence electrons. The smallest absolute Gasteiger partial charge is 0.296 e. The lowest BCUT2D eigenvalue weighted by atomic mass is 10.0. The van der Waals surface area contributed by atoms with Crippen molar-refractivity contribution in [2.75, 3.05) is 10.5 Å². The normalized spacial score (nSPS) is 11.6. The minimum absolute atomic E-state index is 0.0473. The highest BCUT2D eigenvalue weighted by Gasteiger charge is 2.19. The van der Waals surface area contributed by atoms with Crippen LogP contribution in [0.25, 0.3) is 0 Å². The molecule has 0 atom stereocenters. The number of terminal acetylenes is 1. The third-order valence-electron chi connectivity index (χ3n) is 4.95. The zero-order chi connectivity index (χ0) is 25.8. The Morgan fingerprint density at radius 3 is 2.40 bits per heavy atom. The number of sulfone groups is 1. The molecule has 0 fully saturated rings. The van der Waals surface area contributed by atoms with Gasteiger partial charge in [0.25, 0.3) is 10.2 Å². The van der Waals surface area contributed by atoms with Gasteiger partial charge in [0.1, 0.15) is 17.4 Å². The number of hydrogen-bond acceptors (Lipinski definition) is 5. The fourth-order valence-corrected chi connectivity index (χ4v) is 4.69. The van der Waals surface area contributed by atoms with Gasteiger partial charge in [-0.3, -0.25) is 4.72 Å². The second-order valence-electron chi connectivity index (χ2n) is 7.64. The van der Waals surface area contributed by atoms with Gasteiger partial charge in [0, 0.05) is 23.8 Å². The van der Waals surface area contributed by atoms with Crippen LogP contribution in [-0.2, 0) is 32.2 Å². The maximum absolute atomic E-state index is 14.5. The van der Waals surface area contributed by atoms with Crippen molar-refractivity contribution in [3.63, 3.8) is 0 Å². The number of benzene rings is 3. The Balaban J connectivity index is 2.05. The van der Waals surface area contributed by atoms with E-state index in [0.29, 0.717) is 11.1 Å². The number of halogens is 2. The van der Waals surface area contributed by atoms with Crippen molar-refractivity contribution in [2.45, 2.75) is 19.1 Å². The van der Waals surface area contributed by atoms with Crippen molar-refractivity contribution in [1.82, 2.24) is 0 Å². The van der Waals surface area contributed by atoms with Crippen LogP contribution in [0.5, 0.6) is 11.5 Å². The summed E-state index contributed by atoms with van der Waals surface area (Å²) >= 11 is 0. The topological polar surface area (TPSA) is 116 Å². The van der Waals surface area contributed by atoms with E-state index in [9.17, 15) is 25.6 Å². The molecular formula is C24H22F2N2O5S2. The van der Waals surface area contributed by atoms with Crippen LogP contribution in [0.15, 0.2) is 54.6 Å².